The zero-order valence-corrected chi connectivity index (χ0v) is 16.8. The molecule has 0 atom stereocenters. The molecule has 0 saturated heterocycles. The van der Waals surface area contributed by atoms with E-state index in [1.54, 1.807) is 35.1 Å². The van der Waals surface area contributed by atoms with Crippen molar-refractivity contribution in [3.63, 3.8) is 0 Å². The molecule has 0 spiro atoms. The Morgan fingerprint density at radius 3 is 2.40 bits per heavy atom. The number of nitrogens with zero attached hydrogens (tertiary/aromatic N) is 4. The van der Waals surface area contributed by atoms with E-state index in [4.69, 9.17) is 0 Å². The van der Waals surface area contributed by atoms with E-state index in [1.807, 2.05) is 6.92 Å². The fourth-order valence-corrected chi connectivity index (χ4v) is 3.71. The maximum atomic E-state index is 13.3. The maximum absolute atomic E-state index is 13.3. The average Bonchev–Trinajstić information content (AvgIpc) is 3.20. The SMILES string of the molecule is Cc1nnc(SCC(=O)NCc2ccc(F)cc2)c2c1cnn2-c1ccc(F)cc1. The van der Waals surface area contributed by atoms with Gasteiger partial charge in [-0.05, 0) is 48.9 Å². The van der Waals surface area contributed by atoms with Crippen LogP contribution in [0.3, 0.4) is 0 Å². The number of aromatic nitrogens is 4. The lowest BCUT2D eigenvalue weighted by Crippen LogP contribution is -2.24. The fraction of sp³-hybridized carbons (Fsp3) is 0.143. The number of amides is 1. The van der Waals surface area contributed by atoms with Gasteiger partial charge in [0.15, 0.2) is 0 Å². The van der Waals surface area contributed by atoms with Gasteiger partial charge in [0.05, 0.1) is 23.3 Å². The molecule has 1 N–H and O–H groups in total. The van der Waals surface area contributed by atoms with Crippen molar-refractivity contribution < 1.29 is 13.6 Å². The Morgan fingerprint density at radius 1 is 1.03 bits per heavy atom. The van der Waals surface area contributed by atoms with Gasteiger partial charge in [-0.25, -0.2) is 13.5 Å². The van der Waals surface area contributed by atoms with Crippen LogP contribution in [-0.2, 0) is 11.3 Å². The Bertz CT molecular complexity index is 1190. The van der Waals surface area contributed by atoms with Gasteiger partial charge in [-0.3, -0.25) is 4.79 Å². The number of benzene rings is 2. The number of nitrogens with one attached hydrogen (secondary N) is 1. The summed E-state index contributed by atoms with van der Waals surface area (Å²) in [5, 5.41) is 17.0. The Morgan fingerprint density at radius 2 is 1.70 bits per heavy atom. The van der Waals surface area contributed by atoms with Crippen LogP contribution < -0.4 is 5.32 Å². The summed E-state index contributed by atoms with van der Waals surface area (Å²) in [6, 6.07) is 11.9. The summed E-state index contributed by atoms with van der Waals surface area (Å²) in [4.78, 5) is 12.3. The number of carbonyl (C=O) groups excluding carboxylic acids is 1. The molecule has 2 aromatic heterocycles. The quantitative estimate of drug-likeness (QED) is 0.476. The third-order valence-electron chi connectivity index (χ3n) is 4.47. The lowest BCUT2D eigenvalue weighted by molar-refractivity contribution is -0.118. The molecule has 9 heteroatoms. The van der Waals surface area contributed by atoms with Crippen molar-refractivity contribution in [1.82, 2.24) is 25.3 Å². The van der Waals surface area contributed by atoms with Gasteiger partial charge in [0, 0.05) is 11.9 Å². The summed E-state index contributed by atoms with van der Waals surface area (Å²) in [5.41, 5.74) is 2.91. The number of thioether (sulfide) groups is 1. The molecule has 0 fully saturated rings. The minimum atomic E-state index is -0.335. The van der Waals surface area contributed by atoms with Crippen molar-refractivity contribution in [2.24, 2.45) is 0 Å². The minimum Gasteiger partial charge on any atom is -0.351 e. The lowest BCUT2D eigenvalue weighted by atomic mass is 10.2. The molecule has 0 radical (unpaired) electrons. The molecule has 0 bridgehead atoms. The maximum Gasteiger partial charge on any atom is 0.230 e. The van der Waals surface area contributed by atoms with Crippen LogP contribution in [0.15, 0.2) is 59.8 Å². The normalized spacial score (nSPS) is 11.0. The highest BCUT2D eigenvalue weighted by molar-refractivity contribution is 8.00. The summed E-state index contributed by atoms with van der Waals surface area (Å²) in [7, 11) is 0. The molecule has 2 aromatic carbocycles. The fourth-order valence-electron chi connectivity index (χ4n) is 2.90. The van der Waals surface area contributed by atoms with Crippen LogP contribution >= 0.6 is 11.8 Å². The van der Waals surface area contributed by atoms with Crippen molar-refractivity contribution in [2.45, 2.75) is 18.5 Å². The molecular formula is C21H17F2N5OS. The van der Waals surface area contributed by atoms with Gasteiger partial charge in [-0.2, -0.15) is 10.2 Å². The van der Waals surface area contributed by atoms with E-state index in [2.05, 4.69) is 20.6 Å². The number of halogens is 2. The Balaban J connectivity index is 1.51. The first kappa shape index (κ1) is 20.0. The van der Waals surface area contributed by atoms with Crippen LogP contribution in [0, 0.1) is 18.6 Å². The van der Waals surface area contributed by atoms with E-state index in [0.29, 0.717) is 28.5 Å². The zero-order chi connectivity index (χ0) is 21.1. The standard InChI is InChI=1S/C21H17F2N5OS/c1-13-18-11-25-28(17-8-6-16(23)7-9-17)20(18)21(27-26-13)30-12-19(29)24-10-14-2-4-15(22)5-3-14/h2-9,11H,10,12H2,1H3,(H,24,29). The second-order valence-corrected chi connectivity index (χ2v) is 7.54. The van der Waals surface area contributed by atoms with Gasteiger partial charge in [0.2, 0.25) is 5.91 Å². The highest BCUT2D eigenvalue weighted by Gasteiger charge is 2.16. The van der Waals surface area contributed by atoms with Crippen molar-refractivity contribution in [2.75, 3.05) is 5.75 Å². The first-order valence-corrected chi connectivity index (χ1v) is 10.1. The predicted molar refractivity (Wildman–Crippen MR) is 110 cm³/mol. The Hall–Kier alpha value is -3.33. The summed E-state index contributed by atoms with van der Waals surface area (Å²) < 4.78 is 27.9. The molecule has 6 nitrogen and oxygen atoms in total. The van der Waals surface area contributed by atoms with Crippen LogP contribution in [0.2, 0.25) is 0 Å². The molecule has 30 heavy (non-hydrogen) atoms. The zero-order valence-electron chi connectivity index (χ0n) is 16.0. The average molecular weight is 425 g/mol. The molecule has 4 aromatic rings. The number of rotatable bonds is 6. The highest BCUT2D eigenvalue weighted by Crippen LogP contribution is 2.28. The van der Waals surface area contributed by atoms with Gasteiger partial charge in [-0.1, -0.05) is 23.9 Å². The number of hydrogen-bond acceptors (Lipinski definition) is 5. The van der Waals surface area contributed by atoms with E-state index < -0.39 is 0 Å². The van der Waals surface area contributed by atoms with Crippen LogP contribution in [-0.4, -0.2) is 31.6 Å². The summed E-state index contributed by atoms with van der Waals surface area (Å²) >= 11 is 1.24. The monoisotopic (exact) mass is 425 g/mol. The molecule has 152 valence electrons. The van der Waals surface area contributed by atoms with Gasteiger partial charge in [-0.15, -0.1) is 5.10 Å². The molecule has 0 aliphatic rings. The largest absolute Gasteiger partial charge is 0.351 e. The Kier molecular flexibility index (Phi) is 5.71. The molecule has 0 unspecified atom stereocenters. The third kappa shape index (κ3) is 4.30. The second-order valence-electron chi connectivity index (χ2n) is 6.58. The van der Waals surface area contributed by atoms with Gasteiger partial charge in [0.25, 0.3) is 0 Å². The van der Waals surface area contributed by atoms with Gasteiger partial charge < -0.3 is 5.32 Å². The highest BCUT2D eigenvalue weighted by atomic mass is 32.2. The van der Waals surface area contributed by atoms with Crippen molar-refractivity contribution >= 4 is 28.6 Å². The summed E-state index contributed by atoms with van der Waals surface area (Å²) in [6.45, 7) is 2.14. The topological polar surface area (TPSA) is 72.7 Å². The van der Waals surface area contributed by atoms with Crippen LogP contribution in [0.25, 0.3) is 16.6 Å². The number of fused-ring (bicyclic) bond motifs is 1. The summed E-state index contributed by atoms with van der Waals surface area (Å²) in [5.74, 6) is -0.713. The van der Waals surface area contributed by atoms with E-state index in [9.17, 15) is 13.6 Å². The lowest BCUT2D eigenvalue weighted by Gasteiger charge is -2.08. The first-order valence-electron chi connectivity index (χ1n) is 9.12. The van der Waals surface area contributed by atoms with Crippen molar-refractivity contribution in [3.05, 3.63) is 77.6 Å². The molecule has 2 heterocycles. The molecule has 0 aliphatic heterocycles. The van der Waals surface area contributed by atoms with E-state index >= 15 is 0 Å². The molecule has 0 saturated carbocycles. The minimum absolute atomic E-state index is 0.128. The van der Waals surface area contributed by atoms with Crippen LogP contribution in [0.4, 0.5) is 8.78 Å². The number of hydrogen-bond donors (Lipinski definition) is 1. The predicted octanol–water partition coefficient (Wildman–Crippen LogP) is 3.81. The smallest absolute Gasteiger partial charge is 0.230 e. The van der Waals surface area contributed by atoms with Gasteiger partial charge in [0.1, 0.15) is 22.2 Å². The first-order chi connectivity index (χ1) is 14.5. The molecule has 0 aliphatic carbocycles. The van der Waals surface area contributed by atoms with E-state index in [0.717, 1.165) is 10.9 Å². The van der Waals surface area contributed by atoms with Crippen molar-refractivity contribution in [3.8, 4) is 5.69 Å². The van der Waals surface area contributed by atoms with E-state index in [-0.39, 0.29) is 23.3 Å². The Labute approximate surface area is 175 Å². The van der Waals surface area contributed by atoms with Crippen molar-refractivity contribution in [1.29, 1.82) is 0 Å². The second kappa shape index (κ2) is 8.58. The molecular weight excluding hydrogens is 408 g/mol. The van der Waals surface area contributed by atoms with Crippen LogP contribution in [0.5, 0.6) is 0 Å². The van der Waals surface area contributed by atoms with Crippen LogP contribution in [0.1, 0.15) is 11.3 Å². The molecule has 4 rings (SSSR count). The molecule has 1 amide bonds. The third-order valence-corrected chi connectivity index (χ3v) is 5.42. The van der Waals surface area contributed by atoms with E-state index in [1.165, 1.54) is 36.0 Å². The van der Waals surface area contributed by atoms with Gasteiger partial charge >= 0.3 is 0 Å². The summed E-state index contributed by atoms with van der Waals surface area (Å²) in [6.07, 6.45) is 1.68. The number of carbonyl (C=O) groups is 1. The number of aryl methyl sites for hydroxylation is 1.